The Morgan fingerprint density at radius 3 is 2.08 bits per heavy atom. The summed E-state index contributed by atoms with van der Waals surface area (Å²) in [7, 11) is 1.31. The van der Waals surface area contributed by atoms with Crippen LogP contribution in [0.1, 0.15) is 13.8 Å². The number of carbonyl (C=O) groups excluding carboxylic acids is 1. The molecule has 0 fully saturated rings. The second-order valence-corrected chi connectivity index (χ2v) is 3.98. The van der Waals surface area contributed by atoms with Gasteiger partial charge in [-0.05, 0) is 13.8 Å². The number of allylic oxidation sites excluding steroid dienone is 1. The van der Waals surface area contributed by atoms with Gasteiger partial charge in [-0.25, -0.2) is 0 Å². The molecule has 0 bridgehead atoms. The minimum atomic E-state index is -0.622. The molecule has 5 heteroatoms. The zero-order chi connectivity index (χ0) is 10.6. The molecule has 0 heterocycles. The topological polar surface area (TPSA) is 52.3 Å². The van der Waals surface area contributed by atoms with E-state index in [1.54, 1.807) is 0 Å². The van der Waals surface area contributed by atoms with Gasteiger partial charge < -0.3 is 10.5 Å². The maximum absolute atomic E-state index is 11.1. The lowest BCUT2D eigenvalue weighted by molar-refractivity contribution is -0.139. The van der Waals surface area contributed by atoms with Crippen molar-refractivity contribution in [2.75, 3.05) is 7.11 Å². The lowest BCUT2D eigenvalue weighted by Gasteiger charge is -2.17. The highest BCUT2D eigenvalue weighted by molar-refractivity contribution is 7.86. The van der Waals surface area contributed by atoms with Gasteiger partial charge in [0, 0.05) is 5.70 Å². The Hall–Kier alpha value is -0.290. The van der Waals surface area contributed by atoms with E-state index >= 15 is 0 Å². The monoisotopic (exact) mass is 221 g/mol. The molecule has 0 saturated carbocycles. The average molecular weight is 221 g/mol. The number of ether oxygens (including phenoxy) is 1. The summed E-state index contributed by atoms with van der Waals surface area (Å²) in [5, 5.41) is -1.02. The fourth-order valence-corrected chi connectivity index (χ4v) is 1.36. The number of esters is 1. The standard InChI is InChI=1S/C8H15NO2S2/c1-4(2)5(9)6(12)7(13)8(10)11-3/h6-7,12-13H,9H2,1-3H3. The van der Waals surface area contributed by atoms with E-state index in [0.717, 1.165) is 5.57 Å². The van der Waals surface area contributed by atoms with Gasteiger partial charge in [0.15, 0.2) is 0 Å². The molecule has 0 aliphatic carbocycles. The lowest BCUT2D eigenvalue weighted by Crippen LogP contribution is -2.31. The van der Waals surface area contributed by atoms with Crippen LogP contribution in [0.4, 0.5) is 0 Å². The Bertz CT molecular complexity index is 224. The molecule has 0 radical (unpaired) electrons. The first-order valence-corrected chi connectivity index (χ1v) is 4.82. The fourth-order valence-electron chi connectivity index (χ4n) is 0.715. The Labute approximate surface area is 89.5 Å². The Balaban J connectivity index is 4.52. The minimum Gasteiger partial charge on any atom is -0.468 e. The summed E-state index contributed by atoms with van der Waals surface area (Å²) < 4.78 is 4.52. The van der Waals surface area contributed by atoms with Gasteiger partial charge in [-0.1, -0.05) is 5.57 Å². The molecular weight excluding hydrogens is 206 g/mol. The van der Waals surface area contributed by atoms with Crippen LogP contribution in [0.3, 0.4) is 0 Å². The van der Waals surface area contributed by atoms with Crippen LogP contribution in [-0.4, -0.2) is 23.6 Å². The highest BCUT2D eigenvalue weighted by Crippen LogP contribution is 2.18. The number of nitrogens with two attached hydrogens (primary N) is 1. The van der Waals surface area contributed by atoms with E-state index in [1.165, 1.54) is 7.11 Å². The van der Waals surface area contributed by atoms with Gasteiger partial charge in [0.25, 0.3) is 0 Å². The number of thiol groups is 2. The van der Waals surface area contributed by atoms with Crippen molar-refractivity contribution in [1.82, 2.24) is 0 Å². The van der Waals surface area contributed by atoms with Crippen LogP contribution in [0.25, 0.3) is 0 Å². The first-order chi connectivity index (χ1) is 5.91. The zero-order valence-electron chi connectivity index (χ0n) is 7.94. The molecule has 3 nitrogen and oxygen atoms in total. The van der Waals surface area contributed by atoms with Gasteiger partial charge in [0.05, 0.1) is 12.4 Å². The molecule has 0 aliphatic heterocycles. The lowest BCUT2D eigenvalue weighted by atomic mass is 10.1. The number of rotatable bonds is 3. The molecule has 0 amide bonds. The third kappa shape index (κ3) is 3.52. The molecule has 2 N–H and O–H groups in total. The van der Waals surface area contributed by atoms with E-state index in [2.05, 4.69) is 30.0 Å². The third-order valence-electron chi connectivity index (χ3n) is 1.64. The highest BCUT2D eigenvalue weighted by atomic mass is 32.1. The molecule has 0 aliphatic rings. The van der Waals surface area contributed by atoms with Crippen LogP contribution in [0.15, 0.2) is 11.3 Å². The van der Waals surface area contributed by atoms with Gasteiger partial charge in [-0.2, -0.15) is 25.3 Å². The van der Waals surface area contributed by atoms with Gasteiger partial charge in [-0.3, -0.25) is 4.79 Å². The van der Waals surface area contributed by atoms with Crippen LogP contribution in [0.2, 0.25) is 0 Å². The van der Waals surface area contributed by atoms with E-state index in [0.29, 0.717) is 5.70 Å². The number of methoxy groups -OCH3 is 1. The van der Waals surface area contributed by atoms with Crippen molar-refractivity contribution in [2.45, 2.75) is 24.3 Å². The van der Waals surface area contributed by atoms with Crippen LogP contribution in [-0.2, 0) is 9.53 Å². The summed E-state index contributed by atoms with van der Waals surface area (Å²) in [6, 6.07) is 0. The van der Waals surface area contributed by atoms with Crippen molar-refractivity contribution in [3.05, 3.63) is 11.3 Å². The van der Waals surface area contributed by atoms with E-state index in [9.17, 15) is 4.79 Å². The molecule has 13 heavy (non-hydrogen) atoms. The van der Waals surface area contributed by atoms with Crippen LogP contribution in [0, 0.1) is 0 Å². The molecule has 0 aromatic carbocycles. The first-order valence-electron chi connectivity index (χ1n) is 3.78. The van der Waals surface area contributed by atoms with Crippen molar-refractivity contribution in [1.29, 1.82) is 0 Å². The molecule has 76 valence electrons. The van der Waals surface area contributed by atoms with Crippen LogP contribution >= 0.6 is 25.3 Å². The van der Waals surface area contributed by atoms with Gasteiger partial charge in [0.2, 0.25) is 0 Å². The normalized spacial score (nSPS) is 14.5. The zero-order valence-corrected chi connectivity index (χ0v) is 9.73. The number of hydrogen-bond acceptors (Lipinski definition) is 5. The summed E-state index contributed by atoms with van der Waals surface area (Å²) in [4.78, 5) is 11.1. The SMILES string of the molecule is COC(=O)C(S)C(S)C(N)=C(C)C. The van der Waals surface area contributed by atoms with Gasteiger partial charge in [0.1, 0.15) is 5.25 Å². The smallest absolute Gasteiger partial charge is 0.320 e. The summed E-state index contributed by atoms with van der Waals surface area (Å²) in [6.07, 6.45) is 0. The second kappa shape index (κ2) is 5.44. The second-order valence-electron chi connectivity index (χ2n) is 2.87. The van der Waals surface area contributed by atoms with Crippen molar-refractivity contribution >= 4 is 31.2 Å². The van der Waals surface area contributed by atoms with E-state index in [1.807, 2.05) is 13.8 Å². The summed E-state index contributed by atoms with van der Waals surface area (Å²) in [6.45, 7) is 3.71. The Morgan fingerprint density at radius 2 is 1.77 bits per heavy atom. The highest BCUT2D eigenvalue weighted by Gasteiger charge is 2.24. The number of carbonyl (C=O) groups is 1. The summed E-state index contributed by atoms with van der Waals surface area (Å²) in [5.74, 6) is -0.424. The third-order valence-corrected chi connectivity index (χ3v) is 2.96. The molecule has 0 saturated heterocycles. The van der Waals surface area contributed by atoms with Gasteiger partial charge >= 0.3 is 5.97 Å². The van der Waals surface area contributed by atoms with E-state index in [-0.39, 0.29) is 0 Å². The minimum absolute atomic E-state index is 0.402. The van der Waals surface area contributed by atoms with Crippen LogP contribution in [0.5, 0.6) is 0 Å². The van der Waals surface area contributed by atoms with Gasteiger partial charge in [-0.15, -0.1) is 0 Å². The predicted octanol–water partition coefficient (Wildman–Crippen LogP) is 1.01. The summed E-state index contributed by atoms with van der Waals surface area (Å²) in [5.41, 5.74) is 7.20. The average Bonchev–Trinajstić information content (AvgIpc) is 2.12. The van der Waals surface area contributed by atoms with E-state index < -0.39 is 16.5 Å². The maximum Gasteiger partial charge on any atom is 0.320 e. The molecule has 0 aromatic heterocycles. The van der Waals surface area contributed by atoms with Crippen molar-refractivity contribution in [3.63, 3.8) is 0 Å². The Morgan fingerprint density at radius 1 is 1.31 bits per heavy atom. The molecule has 0 rings (SSSR count). The molecule has 2 unspecified atom stereocenters. The van der Waals surface area contributed by atoms with Crippen LogP contribution < -0.4 is 5.73 Å². The van der Waals surface area contributed by atoms with E-state index in [4.69, 9.17) is 5.73 Å². The predicted molar refractivity (Wildman–Crippen MR) is 60.1 cm³/mol. The largest absolute Gasteiger partial charge is 0.468 e. The molecule has 0 spiro atoms. The molecular formula is C8H15NO2S2. The molecule has 0 aromatic rings. The summed E-state index contributed by atoms with van der Waals surface area (Å²) >= 11 is 8.26. The van der Waals surface area contributed by atoms with Crippen molar-refractivity contribution < 1.29 is 9.53 Å². The van der Waals surface area contributed by atoms with Crippen molar-refractivity contribution in [3.8, 4) is 0 Å². The Kier molecular flexibility index (Phi) is 5.32. The molecule has 2 atom stereocenters. The first kappa shape index (κ1) is 12.7. The quantitative estimate of drug-likeness (QED) is 0.492. The fraction of sp³-hybridized carbons (Fsp3) is 0.625. The maximum atomic E-state index is 11.1. The number of hydrogen-bond donors (Lipinski definition) is 3. The van der Waals surface area contributed by atoms with Crippen molar-refractivity contribution in [2.24, 2.45) is 5.73 Å².